The average Bonchev–Trinajstić information content (AvgIpc) is 2.94. The lowest BCUT2D eigenvalue weighted by Gasteiger charge is -2.39. The zero-order valence-electron chi connectivity index (χ0n) is 24.0. The summed E-state index contributed by atoms with van der Waals surface area (Å²) >= 11 is 0. The molecule has 0 aliphatic heterocycles. The van der Waals surface area contributed by atoms with Gasteiger partial charge < -0.3 is 0 Å². The van der Waals surface area contributed by atoms with Crippen molar-refractivity contribution in [2.24, 2.45) is 11.3 Å². The maximum atomic E-state index is 13.6. The van der Waals surface area contributed by atoms with Gasteiger partial charge in [0.15, 0.2) is 0 Å². The van der Waals surface area contributed by atoms with E-state index in [9.17, 15) is 4.79 Å². The van der Waals surface area contributed by atoms with Crippen molar-refractivity contribution in [2.75, 3.05) is 0 Å². The summed E-state index contributed by atoms with van der Waals surface area (Å²) in [5.74, 6) is 2.09. The van der Waals surface area contributed by atoms with E-state index in [1.54, 1.807) is 0 Å². The van der Waals surface area contributed by atoms with Gasteiger partial charge in [0.2, 0.25) is 0 Å². The van der Waals surface area contributed by atoms with Crippen molar-refractivity contribution in [2.45, 2.75) is 103 Å². The monoisotopic (exact) mass is 508 g/mol. The molecule has 0 heterocycles. The summed E-state index contributed by atoms with van der Waals surface area (Å²) in [5, 5.41) is 0. The second kappa shape index (κ2) is 13.9. The molecule has 3 aromatic carbocycles. The quantitative estimate of drug-likeness (QED) is 0.210. The van der Waals surface area contributed by atoms with Gasteiger partial charge in [-0.1, -0.05) is 131 Å². The van der Waals surface area contributed by atoms with Gasteiger partial charge in [-0.05, 0) is 72.6 Å². The number of ketones is 1. The van der Waals surface area contributed by atoms with Crippen molar-refractivity contribution >= 4 is 5.78 Å². The van der Waals surface area contributed by atoms with Gasteiger partial charge in [0.25, 0.3) is 0 Å². The lowest BCUT2D eigenvalue weighted by molar-refractivity contribution is -0.134. The topological polar surface area (TPSA) is 17.1 Å². The molecule has 0 saturated heterocycles. The second-order valence-corrected chi connectivity index (χ2v) is 12.1. The zero-order valence-corrected chi connectivity index (χ0v) is 24.0. The van der Waals surface area contributed by atoms with Gasteiger partial charge in [0.05, 0.1) is 0 Å². The molecular formula is C37H48O. The van der Waals surface area contributed by atoms with Crippen molar-refractivity contribution in [1.29, 1.82) is 0 Å². The first-order valence-corrected chi connectivity index (χ1v) is 15.2. The minimum Gasteiger partial charge on any atom is -0.299 e. The van der Waals surface area contributed by atoms with Crippen LogP contribution in [0, 0.1) is 11.3 Å². The van der Waals surface area contributed by atoms with Crippen LogP contribution in [0.2, 0.25) is 0 Å². The van der Waals surface area contributed by atoms with Gasteiger partial charge >= 0.3 is 0 Å². The summed E-state index contributed by atoms with van der Waals surface area (Å²) in [5.41, 5.74) is 5.54. The normalized spacial score (nSPS) is 19.8. The van der Waals surface area contributed by atoms with E-state index in [1.165, 1.54) is 54.4 Å². The van der Waals surface area contributed by atoms with Gasteiger partial charge in [-0.2, -0.15) is 0 Å². The summed E-state index contributed by atoms with van der Waals surface area (Å²) in [6.07, 6.45) is 12.1. The number of unbranched alkanes of at least 4 members (excludes halogenated alkanes) is 2. The van der Waals surface area contributed by atoms with Crippen LogP contribution >= 0.6 is 0 Å². The first-order chi connectivity index (χ1) is 18.5. The molecule has 0 bridgehead atoms. The molecule has 0 aromatic heterocycles. The second-order valence-electron chi connectivity index (χ2n) is 12.1. The minimum absolute atomic E-state index is 0.0645. The molecule has 202 valence electrons. The molecule has 3 aromatic rings. The molecule has 2 atom stereocenters. The lowest BCUT2D eigenvalue weighted by atomic mass is 9.64. The largest absolute Gasteiger partial charge is 0.299 e. The maximum Gasteiger partial charge on any atom is 0.139 e. The number of hydrogen-bond donors (Lipinski definition) is 0. The molecular weight excluding hydrogens is 460 g/mol. The first-order valence-electron chi connectivity index (χ1n) is 15.2. The standard InChI is InChI=1S/C37H48O/c1-4-24-37(26-23-31(28-36(37)38)27-30-19-21-32(22-20-30)29(2)3)25-13-7-12-18-35(33-14-8-5-9-15-33)34-16-10-6-11-17-34/h5-6,8-11,14-17,19-22,29,31,35H,4,7,12-13,18,23-28H2,1-3H3. The van der Waals surface area contributed by atoms with E-state index < -0.39 is 0 Å². The molecule has 1 nitrogen and oxygen atoms in total. The smallest absolute Gasteiger partial charge is 0.139 e. The molecule has 0 N–H and O–H groups in total. The van der Waals surface area contributed by atoms with Crippen molar-refractivity contribution < 1.29 is 4.79 Å². The maximum absolute atomic E-state index is 13.6. The molecule has 0 spiro atoms. The van der Waals surface area contributed by atoms with Crippen LogP contribution in [0.1, 0.15) is 119 Å². The predicted octanol–water partition coefficient (Wildman–Crippen LogP) is 10.3. The fourth-order valence-electron chi connectivity index (χ4n) is 6.76. The minimum atomic E-state index is -0.0645. The molecule has 38 heavy (non-hydrogen) atoms. The van der Waals surface area contributed by atoms with E-state index in [2.05, 4.69) is 106 Å². The van der Waals surface area contributed by atoms with Crippen molar-refractivity contribution in [3.8, 4) is 0 Å². The van der Waals surface area contributed by atoms with Gasteiger partial charge in [-0.25, -0.2) is 0 Å². The SMILES string of the molecule is CCCC1(CCCCCC(c2ccccc2)c2ccccc2)CCC(Cc2ccc(C(C)C)cc2)CC1=O. The summed E-state index contributed by atoms with van der Waals surface area (Å²) in [4.78, 5) is 13.6. The number of hydrogen-bond acceptors (Lipinski definition) is 1. The number of carbonyl (C=O) groups excluding carboxylic acids is 1. The molecule has 1 aliphatic carbocycles. The number of carbonyl (C=O) groups is 1. The highest BCUT2D eigenvalue weighted by molar-refractivity contribution is 5.85. The molecule has 0 amide bonds. The fourth-order valence-corrected chi connectivity index (χ4v) is 6.76. The van der Waals surface area contributed by atoms with Gasteiger partial charge in [0.1, 0.15) is 5.78 Å². The number of benzene rings is 3. The molecule has 1 heteroatoms. The fraction of sp³-hybridized carbons (Fsp3) is 0.486. The van der Waals surface area contributed by atoms with Gasteiger partial charge in [0, 0.05) is 17.8 Å². The van der Waals surface area contributed by atoms with Gasteiger partial charge in [-0.3, -0.25) is 4.79 Å². The van der Waals surface area contributed by atoms with Crippen molar-refractivity contribution in [1.82, 2.24) is 0 Å². The summed E-state index contributed by atoms with van der Waals surface area (Å²) in [6.45, 7) is 6.74. The van der Waals surface area contributed by atoms with E-state index in [0.29, 0.717) is 23.5 Å². The third-order valence-electron chi connectivity index (χ3n) is 9.05. The third-order valence-corrected chi connectivity index (χ3v) is 9.05. The van der Waals surface area contributed by atoms with Crippen molar-refractivity contribution in [3.63, 3.8) is 0 Å². The Kier molecular flexibility index (Phi) is 10.4. The molecule has 2 unspecified atom stereocenters. The zero-order chi connectivity index (χ0) is 26.8. The summed E-state index contributed by atoms with van der Waals surface area (Å²) in [7, 11) is 0. The van der Waals surface area contributed by atoms with E-state index in [4.69, 9.17) is 0 Å². The number of Topliss-reactive ketones (excluding diaryl/α,β-unsaturated/α-hetero) is 1. The Morgan fingerprint density at radius 3 is 1.95 bits per heavy atom. The van der Waals surface area contributed by atoms with E-state index in [0.717, 1.165) is 38.5 Å². The highest BCUT2D eigenvalue weighted by Gasteiger charge is 2.41. The molecule has 0 radical (unpaired) electrons. The third kappa shape index (κ3) is 7.46. The first kappa shape index (κ1) is 28.3. The average molecular weight is 509 g/mol. The number of rotatable bonds is 13. The highest BCUT2D eigenvalue weighted by atomic mass is 16.1. The Morgan fingerprint density at radius 1 is 0.763 bits per heavy atom. The Labute approximate surface area is 232 Å². The van der Waals surface area contributed by atoms with Crippen LogP contribution in [0.25, 0.3) is 0 Å². The molecule has 4 rings (SSSR count). The molecule has 1 aliphatic rings. The van der Waals surface area contributed by atoms with E-state index in [1.807, 2.05) is 0 Å². The van der Waals surface area contributed by atoms with Crippen LogP contribution in [-0.2, 0) is 11.2 Å². The van der Waals surface area contributed by atoms with E-state index in [-0.39, 0.29) is 5.41 Å². The Hall–Kier alpha value is -2.67. The van der Waals surface area contributed by atoms with Crippen LogP contribution < -0.4 is 0 Å². The van der Waals surface area contributed by atoms with Crippen molar-refractivity contribution in [3.05, 3.63) is 107 Å². The molecule has 1 fully saturated rings. The lowest BCUT2D eigenvalue weighted by Crippen LogP contribution is -2.37. The van der Waals surface area contributed by atoms with Crippen LogP contribution in [0.3, 0.4) is 0 Å². The van der Waals surface area contributed by atoms with Crippen LogP contribution in [-0.4, -0.2) is 5.78 Å². The van der Waals surface area contributed by atoms with Gasteiger partial charge in [-0.15, -0.1) is 0 Å². The highest BCUT2D eigenvalue weighted by Crippen LogP contribution is 2.44. The Balaban J connectivity index is 1.29. The summed E-state index contributed by atoms with van der Waals surface area (Å²) < 4.78 is 0. The van der Waals surface area contributed by atoms with Crippen LogP contribution in [0.4, 0.5) is 0 Å². The van der Waals surface area contributed by atoms with Crippen LogP contribution in [0.5, 0.6) is 0 Å². The molecule has 1 saturated carbocycles. The van der Waals surface area contributed by atoms with Crippen LogP contribution in [0.15, 0.2) is 84.9 Å². The summed E-state index contributed by atoms with van der Waals surface area (Å²) in [6, 6.07) is 31.0. The Bertz CT molecular complexity index is 1060. The Morgan fingerprint density at radius 2 is 1.39 bits per heavy atom. The predicted molar refractivity (Wildman–Crippen MR) is 162 cm³/mol. The van der Waals surface area contributed by atoms with E-state index >= 15 is 0 Å².